The van der Waals surface area contributed by atoms with E-state index in [2.05, 4.69) is 59.2 Å². The molecule has 1 fully saturated rings. The van der Waals surface area contributed by atoms with E-state index in [0.717, 1.165) is 6.54 Å². The van der Waals surface area contributed by atoms with Crippen LogP contribution in [0.25, 0.3) is 0 Å². The molecule has 0 spiro atoms. The van der Waals surface area contributed by atoms with Gasteiger partial charge in [0.25, 0.3) is 0 Å². The van der Waals surface area contributed by atoms with Crippen LogP contribution >= 0.6 is 15.9 Å². The molecule has 1 atom stereocenters. The van der Waals surface area contributed by atoms with E-state index in [9.17, 15) is 0 Å². The zero-order valence-corrected chi connectivity index (χ0v) is 12.5. The smallest absolute Gasteiger partial charge is 0.0372 e. The second-order valence-corrected chi connectivity index (χ2v) is 5.76. The van der Waals surface area contributed by atoms with Gasteiger partial charge in [0, 0.05) is 29.3 Å². The minimum absolute atomic E-state index is 0.632. The van der Waals surface area contributed by atoms with Gasteiger partial charge in [0.1, 0.15) is 0 Å². The van der Waals surface area contributed by atoms with Crippen LogP contribution in [0.3, 0.4) is 0 Å². The number of hydrogen-bond acceptors (Lipinski definition) is 2. The van der Waals surface area contributed by atoms with E-state index >= 15 is 0 Å². The fourth-order valence-electron chi connectivity index (χ4n) is 2.55. The van der Waals surface area contributed by atoms with Gasteiger partial charge in [-0.25, -0.2) is 0 Å². The normalized spacial score (nSPS) is 20.7. The number of rotatable bonds is 2. The zero-order chi connectivity index (χ0) is 12.4. The predicted molar refractivity (Wildman–Crippen MR) is 77.9 cm³/mol. The van der Waals surface area contributed by atoms with E-state index in [0.29, 0.717) is 6.04 Å². The Kier molecular flexibility index (Phi) is 4.10. The van der Waals surface area contributed by atoms with Crippen LogP contribution in [-0.2, 0) is 0 Å². The van der Waals surface area contributed by atoms with Gasteiger partial charge in [0.15, 0.2) is 0 Å². The van der Waals surface area contributed by atoms with Crippen LogP contribution in [0.5, 0.6) is 0 Å². The third-order valence-electron chi connectivity index (χ3n) is 3.62. The SMILES string of the molecule is CNC1CCCN(c2cc(C)c(Br)c(C)c2)C1. The van der Waals surface area contributed by atoms with Gasteiger partial charge in [0.05, 0.1) is 0 Å². The molecule has 2 nitrogen and oxygen atoms in total. The van der Waals surface area contributed by atoms with E-state index in [1.807, 2.05) is 0 Å². The number of benzene rings is 1. The first-order valence-electron chi connectivity index (χ1n) is 6.30. The Labute approximate surface area is 113 Å². The molecule has 0 aliphatic carbocycles. The van der Waals surface area contributed by atoms with Crippen LogP contribution in [0.15, 0.2) is 16.6 Å². The number of hydrogen-bond donors (Lipinski definition) is 1. The Hall–Kier alpha value is -0.540. The standard InChI is InChI=1S/C14H21BrN2/c1-10-7-13(8-11(2)14(10)15)17-6-4-5-12(9-17)16-3/h7-8,12,16H,4-6,9H2,1-3H3. The molecule has 0 bridgehead atoms. The van der Waals surface area contributed by atoms with Crippen LogP contribution in [0.2, 0.25) is 0 Å². The molecule has 0 radical (unpaired) electrons. The number of piperidine rings is 1. The Balaban J connectivity index is 2.22. The molecule has 0 saturated carbocycles. The van der Waals surface area contributed by atoms with Gasteiger partial charge in [-0.3, -0.25) is 0 Å². The van der Waals surface area contributed by atoms with Crippen molar-refractivity contribution in [3.63, 3.8) is 0 Å². The minimum Gasteiger partial charge on any atom is -0.370 e. The first-order chi connectivity index (χ1) is 8.11. The lowest BCUT2D eigenvalue weighted by Gasteiger charge is -2.34. The highest BCUT2D eigenvalue weighted by Gasteiger charge is 2.19. The molecule has 17 heavy (non-hydrogen) atoms. The minimum atomic E-state index is 0.632. The number of halogens is 1. The van der Waals surface area contributed by atoms with Gasteiger partial charge in [-0.1, -0.05) is 15.9 Å². The second kappa shape index (κ2) is 5.40. The summed E-state index contributed by atoms with van der Waals surface area (Å²) in [5.74, 6) is 0. The third-order valence-corrected chi connectivity index (χ3v) is 4.87. The topological polar surface area (TPSA) is 15.3 Å². The molecule has 3 heteroatoms. The zero-order valence-electron chi connectivity index (χ0n) is 10.9. The fourth-order valence-corrected chi connectivity index (χ4v) is 2.78. The predicted octanol–water partition coefficient (Wildman–Crippen LogP) is 3.25. The number of nitrogens with zero attached hydrogens (tertiary/aromatic N) is 1. The molecule has 1 heterocycles. The van der Waals surface area contributed by atoms with Crippen molar-refractivity contribution in [2.75, 3.05) is 25.0 Å². The quantitative estimate of drug-likeness (QED) is 0.901. The fraction of sp³-hybridized carbons (Fsp3) is 0.571. The molecule has 0 aromatic heterocycles. The van der Waals surface area contributed by atoms with Crippen LogP contribution in [-0.4, -0.2) is 26.2 Å². The maximum absolute atomic E-state index is 3.63. The molecule has 1 aromatic rings. The Bertz CT molecular complexity index is 380. The number of nitrogens with one attached hydrogen (secondary N) is 1. The molecular formula is C14H21BrN2. The Morgan fingerprint density at radius 3 is 2.53 bits per heavy atom. The summed E-state index contributed by atoms with van der Waals surface area (Å²) in [4.78, 5) is 2.50. The van der Waals surface area contributed by atoms with E-state index in [4.69, 9.17) is 0 Å². The van der Waals surface area contributed by atoms with E-state index in [1.165, 1.54) is 40.7 Å². The summed E-state index contributed by atoms with van der Waals surface area (Å²) in [7, 11) is 2.06. The number of aryl methyl sites for hydroxylation is 2. The van der Waals surface area contributed by atoms with Gasteiger partial charge in [0.2, 0.25) is 0 Å². The highest BCUT2D eigenvalue weighted by atomic mass is 79.9. The summed E-state index contributed by atoms with van der Waals surface area (Å²) >= 11 is 3.63. The van der Waals surface area contributed by atoms with Crippen molar-refractivity contribution >= 4 is 21.6 Å². The van der Waals surface area contributed by atoms with Gasteiger partial charge in [-0.2, -0.15) is 0 Å². The summed E-state index contributed by atoms with van der Waals surface area (Å²) in [5, 5.41) is 3.39. The van der Waals surface area contributed by atoms with Gasteiger partial charge in [-0.05, 0) is 57.0 Å². The third kappa shape index (κ3) is 2.83. The average Bonchev–Trinajstić information content (AvgIpc) is 2.35. The lowest BCUT2D eigenvalue weighted by molar-refractivity contribution is 0.449. The van der Waals surface area contributed by atoms with Gasteiger partial charge >= 0.3 is 0 Å². The summed E-state index contributed by atoms with van der Waals surface area (Å²) in [5.41, 5.74) is 4.02. The first-order valence-corrected chi connectivity index (χ1v) is 7.10. The molecule has 94 valence electrons. The maximum atomic E-state index is 3.63. The summed E-state index contributed by atoms with van der Waals surface area (Å²) in [6.07, 6.45) is 2.57. The van der Waals surface area contributed by atoms with Crippen molar-refractivity contribution < 1.29 is 0 Å². The van der Waals surface area contributed by atoms with E-state index in [1.54, 1.807) is 0 Å². The lowest BCUT2D eigenvalue weighted by Crippen LogP contribution is -2.44. The molecular weight excluding hydrogens is 276 g/mol. The average molecular weight is 297 g/mol. The van der Waals surface area contributed by atoms with Crippen molar-refractivity contribution in [1.82, 2.24) is 5.32 Å². The first kappa shape index (κ1) is 12.9. The molecule has 1 unspecified atom stereocenters. The summed E-state index contributed by atoms with van der Waals surface area (Å²) in [6.45, 7) is 6.63. The lowest BCUT2D eigenvalue weighted by atomic mass is 10.0. The molecule has 1 saturated heterocycles. The van der Waals surface area contributed by atoms with Crippen molar-refractivity contribution in [2.45, 2.75) is 32.7 Å². The van der Waals surface area contributed by atoms with Gasteiger partial charge in [-0.15, -0.1) is 0 Å². The van der Waals surface area contributed by atoms with E-state index in [-0.39, 0.29) is 0 Å². The van der Waals surface area contributed by atoms with Crippen LogP contribution in [0.4, 0.5) is 5.69 Å². The van der Waals surface area contributed by atoms with Crippen LogP contribution in [0, 0.1) is 13.8 Å². The van der Waals surface area contributed by atoms with Crippen LogP contribution < -0.4 is 10.2 Å². The molecule has 1 N–H and O–H groups in total. The maximum Gasteiger partial charge on any atom is 0.0372 e. The van der Waals surface area contributed by atoms with Crippen molar-refractivity contribution in [3.8, 4) is 0 Å². The number of anilines is 1. The monoisotopic (exact) mass is 296 g/mol. The Morgan fingerprint density at radius 2 is 1.94 bits per heavy atom. The number of likely N-dealkylation sites (N-methyl/N-ethyl adjacent to an activating group) is 1. The van der Waals surface area contributed by atoms with Crippen molar-refractivity contribution in [1.29, 1.82) is 0 Å². The second-order valence-electron chi connectivity index (χ2n) is 4.97. The molecule has 1 aliphatic rings. The Morgan fingerprint density at radius 1 is 1.29 bits per heavy atom. The van der Waals surface area contributed by atoms with Crippen LogP contribution in [0.1, 0.15) is 24.0 Å². The van der Waals surface area contributed by atoms with Gasteiger partial charge < -0.3 is 10.2 Å². The van der Waals surface area contributed by atoms with Crippen molar-refractivity contribution in [2.24, 2.45) is 0 Å². The highest BCUT2D eigenvalue weighted by molar-refractivity contribution is 9.10. The molecule has 1 aliphatic heterocycles. The van der Waals surface area contributed by atoms with E-state index < -0.39 is 0 Å². The largest absolute Gasteiger partial charge is 0.370 e. The summed E-state index contributed by atoms with van der Waals surface area (Å²) < 4.78 is 1.24. The van der Waals surface area contributed by atoms with Crippen molar-refractivity contribution in [3.05, 3.63) is 27.7 Å². The molecule has 1 aromatic carbocycles. The molecule has 0 amide bonds. The highest BCUT2D eigenvalue weighted by Crippen LogP contribution is 2.28. The molecule has 2 rings (SSSR count). The summed E-state index contributed by atoms with van der Waals surface area (Å²) in [6, 6.07) is 5.21.